The van der Waals surface area contributed by atoms with E-state index in [1.54, 1.807) is 4.90 Å². The molecule has 0 bridgehead atoms. The highest BCUT2D eigenvalue weighted by molar-refractivity contribution is 4.94. The molecule has 0 aliphatic heterocycles. The summed E-state index contributed by atoms with van der Waals surface area (Å²) >= 11 is 0. The predicted molar refractivity (Wildman–Crippen MR) is 71.1 cm³/mol. The Labute approximate surface area is 106 Å². The van der Waals surface area contributed by atoms with Crippen molar-refractivity contribution in [3.05, 3.63) is 0 Å². The van der Waals surface area contributed by atoms with Gasteiger partial charge in [0.2, 0.25) is 0 Å². The molecular formula is C13H30N2O2. The zero-order valence-electron chi connectivity index (χ0n) is 12.2. The fourth-order valence-electron chi connectivity index (χ4n) is 1.92. The first-order valence-corrected chi connectivity index (χ1v) is 6.59. The van der Waals surface area contributed by atoms with E-state index in [0.717, 1.165) is 6.42 Å². The van der Waals surface area contributed by atoms with Gasteiger partial charge < -0.3 is 15.9 Å². The monoisotopic (exact) mass is 246 g/mol. The van der Waals surface area contributed by atoms with Gasteiger partial charge in [-0.15, -0.1) is 0 Å². The molecule has 4 heteroatoms. The summed E-state index contributed by atoms with van der Waals surface area (Å²) in [7, 11) is 0. The minimum Gasteiger partial charge on any atom is -0.378 e. The van der Waals surface area contributed by atoms with E-state index in [4.69, 9.17) is 5.73 Å². The van der Waals surface area contributed by atoms with E-state index >= 15 is 0 Å². The van der Waals surface area contributed by atoms with E-state index in [1.807, 2.05) is 20.8 Å². The van der Waals surface area contributed by atoms with Crippen LogP contribution in [0.3, 0.4) is 0 Å². The first-order chi connectivity index (χ1) is 7.65. The number of rotatable bonds is 7. The number of nitrogens with zero attached hydrogens (tertiary/aromatic N) is 1. The third kappa shape index (κ3) is 3.41. The predicted octanol–water partition coefficient (Wildman–Crippen LogP) is 1.86. The van der Waals surface area contributed by atoms with Gasteiger partial charge in [0, 0.05) is 0 Å². The minimum atomic E-state index is -0.757. The van der Waals surface area contributed by atoms with Crippen LogP contribution in [-0.2, 0) is 0 Å². The summed E-state index contributed by atoms with van der Waals surface area (Å²) in [6.07, 6.45) is 0.535. The van der Waals surface area contributed by atoms with Crippen LogP contribution < -0.4 is 5.73 Å². The van der Waals surface area contributed by atoms with E-state index < -0.39 is 18.1 Å². The Bertz CT molecular complexity index is 219. The van der Waals surface area contributed by atoms with Crippen molar-refractivity contribution in [1.29, 1.82) is 0 Å². The molecule has 104 valence electrons. The van der Waals surface area contributed by atoms with E-state index in [-0.39, 0.29) is 5.41 Å². The third-order valence-electron chi connectivity index (χ3n) is 4.16. The molecule has 0 aliphatic carbocycles. The Balaban J connectivity index is 5.29. The zero-order valence-corrected chi connectivity index (χ0v) is 12.2. The highest BCUT2D eigenvalue weighted by atomic mass is 16.3. The molecule has 0 aromatic rings. The molecule has 0 amide bonds. The van der Waals surface area contributed by atoms with Crippen LogP contribution in [-0.4, -0.2) is 33.2 Å². The summed E-state index contributed by atoms with van der Waals surface area (Å²) < 4.78 is 0. The Morgan fingerprint density at radius 1 is 1.00 bits per heavy atom. The van der Waals surface area contributed by atoms with Crippen LogP contribution in [0.15, 0.2) is 0 Å². The minimum absolute atomic E-state index is 0.195. The van der Waals surface area contributed by atoms with Gasteiger partial charge in [0.05, 0.1) is 5.66 Å². The quantitative estimate of drug-likeness (QED) is 0.600. The second-order valence-electron chi connectivity index (χ2n) is 5.57. The van der Waals surface area contributed by atoms with Crippen LogP contribution in [0.25, 0.3) is 0 Å². The first-order valence-electron chi connectivity index (χ1n) is 6.59. The van der Waals surface area contributed by atoms with Crippen molar-refractivity contribution in [3.63, 3.8) is 0 Å². The van der Waals surface area contributed by atoms with E-state index in [9.17, 15) is 10.2 Å². The topological polar surface area (TPSA) is 69.7 Å². The van der Waals surface area contributed by atoms with Gasteiger partial charge in [-0.2, -0.15) is 0 Å². The van der Waals surface area contributed by atoms with E-state index in [0.29, 0.717) is 12.8 Å². The highest BCUT2D eigenvalue weighted by Crippen LogP contribution is 2.37. The van der Waals surface area contributed by atoms with Crippen molar-refractivity contribution in [1.82, 2.24) is 4.90 Å². The largest absolute Gasteiger partial charge is 0.378 e. The average molecular weight is 246 g/mol. The van der Waals surface area contributed by atoms with Crippen molar-refractivity contribution >= 4 is 0 Å². The fourth-order valence-corrected chi connectivity index (χ4v) is 1.92. The third-order valence-corrected chi connectivity index (χ3v) is 4.16. The lowest BCUT2D eigenvalue weighted by Crippen LogP contribution is -2.68. The molecular weight excluding hydrogens is 216 g/mol. The lowest BCUT2D eigenvalue weighted by molar-refractivity contribution is -0.186. The fraction of sp³-hybridized carbons (Fsp3) is 1.00. The Morgan fingerprint density at radius 3 is 1.59 bits per heavy atom. The van der Waals surface area contributed by atoms with Gasteiger partial charge in [0.1, 0.15) is 12.5 Å². The molecule has 4 nitrogen and oxygen atoms in total. The highest BCUT2D eigenvalue weighted by Gasteiger charge is 2.45. The standard InChI is InChI=1S/C13H30N2O2/c1-7-10(16)15(11(17)8-2)13(6,14)12(4,5)9-3/h10-11,16-17H,7-9,14H2,1-6H3. The van der Waals surface area contributed by atoms with Crippen LogP contribution in [0.5, 0.6) is 0 Å². The van der Waals surface area contributed by atoms with Crippen LogP contribution in [0.1, 0.15) is 60.8 Å². The molecule has 0 aromatic carbocycles. The maximum Gasteiger partial charge on any atom is 0.110 e. The smallest absolute Gasteiger partial charge is 0.110 e. The molecule has 0 aromatic heterocycles. The van der Waals surface area contributed by atoms with Crippen LogP contribution in [0, 0.1) is 5.41 Å². The normalized spacial score (nSPS) is 20.1. The molecule has 0 saturated heterocycles. The van der Waals surface area contributed by atoms with Gasteiger partial charge in [-0.05, 0) is 31.6 Å². The lowest BCUT2D eigenvalue weighted by atomic mass is 9.76. The SMILES string of the molecule is CCC(O)N(C(O)CC)C(C)(N)C(C)(C)CC. The van der Waals surface area contributed by atoms with Crippen LogP contribution in [0.4, 0.5) is 0 Å². The van der Waals surface area contributed by atoms with Gasteiger partial charge in [-0.25, -0.2) is 4.90 Å². The first kappa shape index (κ1) is 16.8. The van der Waals surface area contributed by atoms with Crippen molar-refractivity contribution in [2.24, 2.45) is 11.1 Å². The van der Waals surface area contributed by atoms with E-state index in [2.05, 4.69) is 20.8 Å². The van der Waals surface area contributed by atoms with E-state index in [1.165, 1.54) is 0 Å². The van der Waals surface area contributed by atoms with Crippen LogP contribution >= 0.6 is 0 Å². The molecule has 4 N–H and O–H groups in total. The second-order valence-corrected chi connectivity index (χ2v) is 5.57. The number of aliphatic hydroxyl groups excluding tert-OH is 2. The summed E-state index contributed by atoms with van der Waals surface area (Å²) in [4.78, 5) is 1.64. The molecule has 0 rings (SSSR count). The molecule has 3 unspecified atom stereocenters. The van der Waals surface area contributed by atoms with Crippen LogP contribution in [0.2, 0.25) is 0 Å². The molecule has 3 atom stereocenters. The van der Waals surface area contributed by atoms with Crippen molar-refractivity contribution < 1.29 is 10.2 Å². The van der Waals surface area contributed by atoms with Crippen molar-refractivity contribution in [3.8, 4) is 0 Å². The average Bonchev–Trinajstić information content (AvgIpc) is 2.27. The molecule has 0 spiro atoms. The molecule has 0 radical (unpaired) electrons. The number of aliphatic hydroxyl groups is 2. The second kappa shape index (κ2) is 6.14. The summed E-state index contributed by atoms with van der Waals surface area (Å²) in [6.45, 7) is 11.8. The number of hydrogen-bond donors (Lipinski definition) is 3. The summed E-state index contributed by atoms with van der Waals surface area (Å²) in [5, 5.41) is 20.2. The molecule has 17 heavy (non-hydrogen) atoms. The maximum atomic E-state index is 10.1. The Hall–Kier alpha value is -0.160. The molecule has 0 aliphatic rings. The molecule has 0 heterocycles. The van der Waals surface area contributed by atoms with Crippen molar-refractivity contribution in [2.75, 3.05) is 0 Å². The van der Waals surface area contributed by atoms with Crippen molar-refractivity contribution in [2.45, 2.75) is 78.9 Å². The van der Waals surface area contributed by atoms with Gasteiger partial charge in [-0.3, -0.25) is 0 Å². The van der Waals surface area contributed by atoms with Gasteiger partial charge in [-0.1, -0.05) is 34.6 Å². The Kier molecular flexibility index (Phi) is 6.08. The molecule has 0 fully saturated rings. The lowest BCUT2D eigenvalue weighted by Gasteiger charge is -2.52. The zero-order chi connectivity index (χ0) is 13.9. The maximum absolute atomic E-state index is 10.1. The van der Waals surface area contributed by atoms with Gasteiger partial charge in [0.25, 0.3) is 0 Å². The summed E-state index contributed by atoms with van der Waals surface area (Å²) in [6, 6.07) is 0. The number of nitrogens with two attached hydrogens (primary N) is 1. The number of hydrogen-bond acceptors (Lipinski definition) is 4. The summed E-state index contributed by atoms with van der Waals surface area (Å²) in [5.41, 5.74) is 5.46. The molecule has 0 saturated carbocycles. The Morgan fingerprint density at radius 2 is 1.35 bits per heavy atom. The van der Waals surface area contributed by atoms with Gasteiger partial charge in [0.15, 0.2) is 0 Å². The summed E-state index contributed by atoms with van der Waals surface area (Å²) in [5.74, 6) is 0. The van der Waals surface area contributed by atoms with Gasteiger partial charge >= 0.3 is 0 Å².